The van der Waals surface area contributed by atoms with Crippen LogP contribution in [0.4, 0.5) is 57.1 Å². The molecule has 0 spiro atoms. The molecule has 0 N–H and O–H groups in total. The van der Waals surface area contributed by atoms with Gasteiger partial charge >= 0.3 is 36.3 Å². The first-order valence-electron chi connectivity index (χ1n) is 4.71. The zero-order valence-electron chi connectivity index (χ0n) is 10.0. The van der Waals surface area contributed by atoms with Crippen LogP contribution >= 0.6 is 0 Å². The van der Waals surface area contributed by atoms with E-state index in [0.29, 0.717) is 0 Å². The Labute approximate surface area is 117 Å². The summed E-state index contributed by atoms with van der Waals surface area (Å²) in [6.45, 7) is 2.18. The van der Waals surface area contributed by atoms with Crippen molar-refractivity contribution in [3.63, 3.8) is 0 Å². The smallest absolute Gasteiger partial charge is 0.440 e. The molecule has 0 rings (SSSR count). The fraction of sp³-hybridized carbons (Fsp3) is 0.750. The van der Waals surface area contributed by atoms with E-state index in [4.69, 9.17) is 0 Å². The van der Waals surface area contributed by atoms with Crippen molar-refractivity contribution in [3.8, 4) is 0 Å². The second-order valence-electron chi connectivity index (χ2n) is 3.58. The maximum Gasteiger partial charge on any atom is 0.464 e. The van der Waals surface area contributed by atoms with Gasteiger partial charge in [-0.1, -0.05) is 6.58 Å². The van der Waals surface area contributed by atoms with Crippen LogP contribution < -0.4 is 0 Å². The van der Waals surface area contributed by atoms with Crippen molar-refractivity contribution < 1.29 is 66.5 Å². The molecule has 0 saturated heterocycles. The fourth-order valence-corrected chi connectivity index (χ4v) is 0.833. The van der Waals surface area contributed by atoms with Crippen molar-refractivity contribution in [1.29, 1.82) is 0 Å². The van der Waals surface area contributed by atoms with Crippen LogP contribution in [0.25, 0.3) is 0 Å². The summed E-state index contributed by atoms with van der Waals surface area (Å²) in [6.07, 6.45) is -22.1. The summed E-state index contributed by atoms with van der Waals surface area (Å²) in [5, 5.41) is 0. The summed E-state index contributed by atoms with van der Waals surface area (Å²) >= 11 is 0. The van der Waals surface area contributed by atoms with Gasteiger partial charge in [-0.25, -0.2) is 4.74 Å². The molecule has 0 aliphatic heterocycles. The zero-order valence-corrected chi connectivity index (χ0v) is 10.0. The quantitative estimate of drug-likeness (QED) is 0.377. The van der Waals surface area contributed by atoms with Gasteiger partial charge in [0.05, 0.1) is 6.26 Å². The molecule has 23 heavy (non-hydrogen) atoms. The molecule has 0 aromatic rings. The first kappa shape index (κ1) is 21.6. The Morgan fingerprint density at radius 2 is 0.957 bits per heavy atom. The first-order valence-corrected chi connectivity index (χ1v) is 4.71. The maximum absolute atomic E-state index is 13.3. The van der Waals surface area contributed by atoms with E-state index in [0.717, 1.165) is 0 Å². The minimum Gasteiger partial charge on any atom is -0.440 e. The lowest BCUT2D eigenvalue weighted by atomic mass is 10.2. The predicted molar refractivity (Wildman–Crippen MR) is 43.2 cm³/mol. The minimum atomic E-state index is -7.33. The van der Waals surface area contributed by atoms with Gasteiger partial charge in [-0.3, -0.25) is 0 Å². The van der Waals surface area contributed by atoms with Crippen molar-refractivity contribution in [3.05, 3.63) is 12.8 Å². The van der Waals surface area contributed by atoms with Crippen LogP contribution in [0.5, 0.6) is 0 Å². The maximum atomic E-state index is 13.3. The van der Waals surface area contributed by atoms with Crippen LogP contribution in [0.15, 0.2) is 12.8 Å². The first-order chi connectivity index (χ1) is 9.77. The Hall–Kier alpha value is -1.41. The molecule has 0 radical (unpaired) electrons. The van der Waals surface area contributed by atoms with Crippen molar-refractivity contribution in [1.82, 2.24) is 0 Å². The molecule has 0 aromatic heterocycles. The number of hydrogen-bond donors (Lipinski definition) is 0. The highest BCUT2D eigenvalue weighted by Crippen LogP contribution is 2.53. The monoisotopic (exact) mass is 378 g/mol. The Bertz CT molecular complexity index is 436. The van der Waals surface area contributed by atoms with E-state index in [1.807, 2.05) is 4.74 Å². The topological polar surface area (TPSA) is 18.5 Å². The summed E-state index contributed by atoms with van der Waals surface area (Å²) in [5.74, 6) is -14.4. The van der Waals surface area contributed by atoms with E-state index in [1.165, 1.54) is 0 Å². The third-order valence-corrected chi connectivity index (χ3v) is 1.95. The molecule has 0 heterocycles. The second-order valence-corrected chi connectivity index (χ2v) is 3.58. The lowest BCUT2D eigenvalue weighted by Gasteiger charge is -2.36. The molecule has 15 heteroatoms. The van der Waals surface area contributed by atoms with E-state index in [2.05, 4.69) is 11.3 Å². The van der Waals surface area contributed by atoms with Crippen LogP contribution in [-0.4, -0.2) is 36.3 Å². The molecule has 0 bridgehead atoms. The van der Waals surface area contributed by atoms with Gasteiger partial charge < -0.3 is 4.74 Å². The SMILES string of the molecule is C=COC(F)(OC(F)(F)C(F)(F)C(F)(F)F)C(F)(F)C(F)(F)F. The fourth-order valence-electron chi connectivity index (χ4n) is 0.833. The van der Waals surface area contributed by atoms with Crippen LogP contribution in [0.3, 0.4) is 0 Å². The standard InChI is InChI=1S/C8H3F13O2/c1-2-22-8(21,4(11,12)6(16,17)18)23-7(19,20)3(9,10)5(13,14)15/h2H,1H2. The Morgan fingerprint density at radius 1 is 0.609 bits per heavy atom. The summed E-state index contributed by atoms with van der Waals surface area (Å²) in [6, 6.07) is -6.47. The van der Waals surface area contributed by atoms with Crippen molar-refractivity contribution in [2.24, 2.45) is 0 Å². The molecule has 138 valence electrons. The largest absolute Gasteiger partial charge is 0.464 e. The van der Waals surface area contributed by atoms with Gasteiger partial charge in [0.15, 0.2) is 0 Å². The predicted octanol–water partition coefficient (Wildman–Crippen LogP) is 4.77. The van der Waals surface area contributed by atoms with E-state index >= 15 is 0 Å². The van der Waals surface area contributed by atoms with Crippen molar-refractivity contribution >= 4 is 0 Å². The number of hydrogen-bond acceptors (Lipinski definition) is 2. The minimum absolute atomic E-state index is 0.707. The Morgan fingerprint density at radius 3 is 1.22 bits per heavy atom. The zero-order chi connectivity index (χ0) is 19.1. The van der Waals surface area contributed by atoms with E-state index < -0.39 is 42.6 Å². The van der Waals surface area contributed by atoms with Gasteiger partial charge in [0.1, 0.15) is 0 Å². The Balaban J connectivity index is 6.00. The van der Waals surface area contributed by atoms with Crippen LogP contribution in [0.1, 0.15) is 0 Å². The summed E-state index contributed by atoms with van der Waals surface area (Å²) < 4.78 is 164. The number of ether oxygens (including phenoxy) is 2. The average Bonchev–Trinajstić information content (AvgIpc) is 2.24. The van der Waals surface area contributed by atoms with E-state index in [1.54, 1.807) is 0 Å². The average molecular weight is 378 g/mol. The molecule has 0 saturated carbocycles. The second kappa shape index (κ2) is 5.59. The highest BCUT2D eigenvalue weighted by Gasteiger charge is 2.82. The lowest BCUT2D eigenvalue weighted by molar-refractivity contribution is -0.530. The third kappa shape index (κ3) is 3.58. The molecule has 1 unspecified atom stereocenters. The number of rotatable bonds is 6. The molecular weight excluding hydrogens is 375 g/mol. The highest BCUT2D eigenvalue weighted by atomic mass is 19.4. The van der Waals surface area contributed by atoms with Crippen LogP contribution in [-0.2, 0) is 9.47 Å². The molecule has 0 amide bonds. The summed E-state index contributed by atoms with van der Waals surface area (Å²) in [7, 11) is 0. The molecule has 0 fully saturated rings. The van der Waals surface area contributed by atoms with Gasteiger partial charge in [0.25, 0.3) is 0 Å². The lowest BCUT2D eigenvalue weighted by Crippen LogP contribution is -2.63. The highest BCUT2D eigenvalue weighted by molar-refractivity contribution is 4.92. The van der Waals surface area contributed by atoms with Crippen LogP contribution in [0.2, 0.25) is 0 Å². The summed E-state index contributed by atoms with van der Waals surface area (Å²) in [5.41, 5.74) is 0. The van der Waals surface area contributed by atoms with Crippen molar-refractivity contribution in [2.45, 2.75) is 36.3 Å². The van der Waals surface area contributed by atoms with Gasteiger partial charge in [0.2, 0.25) is 0 Å². The van der Waals surface area contributed by atoms with Gasteiger partial charge in [-0.15, -0.1) is 0 Å². The molecule has 0 aliphatic rings. The number of alkyl halides is 13. The van der Waals surface area contributed by atoms with Gasteiger partial charge in [-0.2, -0.15) is 57.1 Å². The molecule has 0 aromatic carbocycles. The molecule has 1 atom stereocenters. The molecular formula is C8H3F13O2. The third-order valence-electron chi connectivity index (χ3n) is 1.95. The molecule has 2 nitrogen and oxygen atoms in total. The van der Waals surface area contributed by atoms with Gasteiger partial charge in [0, 0.05) is 0 Å². The van der Waals surface area contributed by atoms with E-state index in [9.17, 15) is 57.1 Å². The van der Waals surface area contributed by atoms with Crippen LogP contribution in [0, 0.1) is 0 Å². The normalized spacial score (nSPS) is 17.6. The van der Waals surface area contributed by atoms with Crippen molar-refractivity contribution in [2.75, 3.05) is 0 Å². The molecule has 0 aliphatic carbocycles. The van der Waals surface area contributed by atoms with Gasteiger partial charge in [-0.05, 0) is 0 Å². The Kier molecular flexibility index (Phi) is 5.25. The van der Waals surface area contributed by atoms with E-state index in [-0.39, 0.29) is 0 Å². The number of halogens is 13. The summed E-state index contributed by atoms with van der Waals surface area (Å²) in [4.78, 5) is 0.